The smallest absolute Gasteiger partial charge is 0.252 e. The highest BCUT2D eigenvalue weighted by Crippen LogP contribution is 2.28. The van der Waals surface area contributed by atoms with Crippen LogP contribution in [0.15, 0.2) is 69.4 Å². The lowest BCUT2D eigenvalue weighted by Gasteiger charge is -2.29. The van der Waals surface area contributed by atoms with Crippen molar-refractivity contribution in [3.63, 3.8) is 0 Å². The molecule has 4 heterocycles. The number of aromatic amines is 1. The maximum absolute atomic E-state index is 13.1. The predicted molar refractivity (Wildman–Crippen MR) is 132 cm³/mol. The summed E-state index contributed by atoms with van der Waals surface area (Å²) in [5.74, 6) is 1.54. The van der Waals surface area contributed by atoms with Crippen LogP contribution in [0.2, 0.25) is 0 Å². The SMILES string of the molecule is CC[C@@H](c1nnnn1Cc1ccco1)N(Cc1cccs1)Cc1cc2cccc(C)c2[nH]c1=O. The Labute approximate surface area is 200 Å². The molecule has 0 radical (unpaired) electrons. The highest BCUT2D eigenvalue weighted by molar-refractivity contribution is 7.09. The van der Waals surface area contributed by atoms with Crippen molar-refractivity contribution in [2.24, 2.45) is 0 Å². The monoisotopic (exact) mass is 474 g/mol. The Morgan fingerprint density at radius 2 is 2.09 bits per heavy atom. The topological polar surface area (TPSA) is 92.8 Å². The number of aromatic nitrogens is 5. The van der Waals surface area contributed by atoms with Gasteiger partial charge in [-0.2, -0.15) is 0 Å². The molecule has 0 aliphatic heterocycles. The molecule has 1 atom stereocenters. The van der Waals surface area contributed by atoms with Crippen LogP contribution < -0.4 is 5.56 Å². The Bertz CT molecular complexity index is 1420. The number of furan rings is 1. The number of H-pyrrole nitrogens is 1. The molecule has 1 N–H and O–H groups in total. The third kappa shape index (κ3) is 4.57. The van der Waals surface area contributed by atoms with E-state index in [4.69, 9.17) is 4.42 Å². The van der Waals surface area contributed by atoms with Crippen LogP contribution in [-0.2, 0) is 19.6 Å². The van der Waals surface area contributed by atoms with Crippen LogP contribution in [0, 0.1) is 6.92 Å². The number of hydrogen-bond donors (Lipinski definition) is 1. The number of nitrogens with one attached hydrogen (secondary N) is 1. The van der Waals surface area contributed by atoms with Crippen molar-refractivity contribution in [3.05, 3.63) is 98.1 Å². The average molecular weight is 475 g/mol. The third-order valence-corrected chi connectivity index (χ3v) is 6.91. The number of nitrogens with zero attached hydrogens (tertiary/aromatic N) is 5. The maximum atomic E-state index is 13.1. The molecule has 5 rings (SSSR count). The van der Waals surface area contributed by atoms with E-state index in [1.165, 1.54) is 4.88 Å². The minimum absolute atomic E-state index is 0.0667. The van der Waals surface area contributed by atoms with Crippen molar-refractivity contribution in [1.82, 2.24) is 30.1 Å². The Morgan fingerprint density at radius 1 is 1.18 bits per heavy atom. The molecule has 0 fully saturated rings. The molecule has 0 aliphatic carbocycles. The van der Waals surface area contributed by atoms with Crippen LogP contribution in [-0.4, -0.2) is 30.1 Å². The van der Waals surface area contributed by atoms with E-state index in [1.807, 2.05) is 49.4 Å². The average Bonchev–Trinajstić information content (AvgIpc) is 3.60. The van der Waals surface area contributed by atoms with Crippen LogP contribution in [0.4, 0.5) is 0 Å². The molecular formula is C25H26N6O2S. The Hall–Kier alpha value is -3.56. The summed E-state index contributed by atoms with van der Waals surface area (Å²) in [6, 6.07) is 15.9. The first-order chi connectivity index (χ1) is 16.6. The number of aryl methyl sites for hydroxylation is 1. The van der Waals surface area contributed by atoms with Gasteiger partial charge in [-0.25, -0.2) is 4.68 Å². The number of thiophene rings is 1. The molecule has 0 saturated carbocycles. The first-order valence-electron chi connectivity index (χ1n) is 11.3. The first-order valence-corrected chi connectivity index (χ1v) is 12.2. The molecule has 8 nitrogen and oxygen atoms in total. The van der Waals surface area contributed by atoms with Gasteiger partial charge in [0.2, 0.25) is 0 Å². The zero-order valence-corrected chi connectivity index (χ0v) is 20.0. The van der Waals surface area contributed by atoms with Gasteiger partial charge in [0.05, 0.1) is 17.8 Å². The highest BCUT2D eigenvalue weighted by atomic mass is 32.1. The Balaban J connectivity index is 1.51. The highest BCUT2D eigenvalue weighted by Gasteiger charge is 2.26. The fraction of sp³-hybridized carbons (Fsp3) is 0.280. The van der Waals surface area contributed by atoms with Gasteiger partial charge in [-0.05, 0) is 64.4 Å². The second-order valence-corrected chi connectivity index (χ2v) is 9.38. The summed E-state index contributed by atoms with van der Waals surface area (Å²) in [5.41, 5.74) is 2.59. The zero-order chi connectivity index (χ0) is 23.5. The van der Waals surface area contributed by atoms with Crippen LogP contribution in [0.1, 0.15) is 47.0 Å². The van der Waals surface area contributed by atoms with Crippen molar-refractivity contribution in [1.29, 1.82) is 0 Å². The van der Waals surface area contributed by atoms with Gasteiger partial charge in [-0.15, -0.1) is 16.4 Å². The van der Waals surface area contributed by atoms with Crippen molar-refractivity contribution < 1.29 is 4.42 Å². The molecule has 1 aromatic carbocycles. The Morgan fingerprint density at radius 3 is 2.85 bits per heavy atom. The van der Waals surface area contributed by atoms with Gasteiger partial charge >= 0.3 is 0 Å². The van der Waals surface area contributed by atoms with Crippen LogP contribution in [0.3, 0.4) is 0 Å². The van der Waals surface area contributed by atoms with Gasteiger partial charge in [0.1, 0.15) is 12.3 Å². The molecule has 5 aromatic rings. The normalized spacial score (nSPS) is 12.6. The molecule has 0 aliphatic rings. The van der Waals surface area contributed by atoms with Gasteiger partial charge in [-0.3, -0.25) is 9.69 Å². The van der Waals surface area contributed by atoms with Crippen molar-refractivity contribution in [3.8, 4) is 0 Å². The van der Waals surface area contributed by atoms with Gasteiger partial charge in [-0.1, -0.05) is 31.2 Å². The molecule has 0 saturated heterocycles. The van der Waals surface area contributed by atoms with Crippen molar-refractivity contribution in [2.45, 2.75) is 45.9 Å². The van der Waals surface area contributed by atoms with Crippen molar-refractivity contribution >= 4 is 22.2 Å². The summed E-state index contributed by atoms with van der Waals surface area (Å²) in [5, 5.41) is 15.7. The van der Waals surface area contributed by atoms with Crippen molar-refractivity contribution in [2.75, 3.05) is 0 Å². The summed E-state index contributed by atoms with van der Waals surface area (Å²) >= 11 is 1.70. The second-order valence-electron chi connectivity index (χ2n) is 8.35. The molecular weight excluding hydrogens is 448 g/mol. The largest absolute Gasteiger partial charge is 0.467 e. The van der Waals surface area contributed by atoms with Crippen LogP contribution >= 0.6 is 11.3 Å². The molecule has 4 aromatic heterocycles. The summed E-state index contributed by atoms with van der Waals surface area (Å²) in [7, 11) is 0. The van der Waals surface area contributed by atoms with Gasteiger partial charge in [0.15, 0.2) is 5.82 Å². The molecule has 9 heteroatoms. The lowest BCUT2D eigenvalue weighted by atomic mass is 10.1. The number of tetrazole rings is 1. The Kier molecular flexibility index (Phi) is 6.37. The van der Waals surface area contributed by atoms with E-state index >= 15 is 0 Å². The molecule has 0 unspecified atom stereocenters. The molecule has 0 spiro atoms. The summed E-state index contributed by atoms with van der Waals surface area (Å²) < 4.78 is 7.29. The lowest BCUT2D eigenvalue weighted by molar-refractivity contribution is 0.162. The molecule has 174 valence electrons. The molecule has 0 amide bonds. The van der Waals surface area contributed by atoms with Gasteiger partial charge in [0.25, 0.3) is 5.56 Å². The number of pyridine rings is 1. The van der Waals surface area contributed by atoms with E-state index in [-0.39, 0.29) is 11.6 Å². The van der Waals surface area contributed by atoms with E-state index in [0.717, 1.165) is 40.0 Å². The van der Waals surface area contributed by atoms with E-state index in [2.05, 4.69) is 43.8 Å². The maximum Gasteiger partial charge on any atom is 0.252 e. The number of rotatable bonds is 9. The minimum atomic E-state index is -0.0836. The van der Waals surface area contributed by atoms with E-state index < -0.39 is 0 Å². The van der Waals surface area contributed by atoms with E-state index in [1.54, 1.807) is 22.3 Å². The lowest BCUT2D eigenvalue weighted by Crippen LogP contribution is -2.32. The minimum Gasteiger partial charge on any atom is -0.467 e. The van der Waals surface area contributed by atoms with Crippen LogP contribution in [0.5, 0.6) is 0 Å². The third-order valence-electron chi connectivity index (χ3n) is 6.05. The van der Waals surface area contributed by atoms with E-state index in [9.17, 15) is 4.79 Å². The second kappa shape index (κ2) is 9.74. The summed E-state index contributed by atoms with van der Waals surface area (Å²) in [6.07, 6.45) is 2.43. The summed E-state index contributed by atoms with van der Waals surface area (Å²) in [4.78, 5) is 19.6. The first kappa shape index (κ1) is 22.2. The number of hydrogen-bond acceptors (Lipinski definition) is 7. The molecule has 34 heavy (non-hydrogen) atoms. The standard InChI is InChI=1S/C25H26N6O2S/c1-3-22(24-27-28-29-31(24)15-20-9-5-11-33-20)30(16-21-10-6-12-34-21)14-19-13-18-8-4-7-17(2)23(18)26-25(19)32/h4-13,22H,3,14-16H2,1-2H3,(H,26,32)/t22-/m0/s1. The fourth-order valence-electron chi connectivity index (χ4n) is 4.36. The van der Waals surface area contributed by atoms with Crippen LogP contribution in [0.25, 0.3) is 10.9 Å². The van der Waals surface area contributed by atoms with E-state index in [0.29, 0.717) is 19.6 Å². The predicted octanol–water partition coefficient (Wildman–Crippen LogP) is 4.68. The number of benzene rings is 1. The quantitative estimate of drug-likeness (QED) is 0.333. The fourth-order valence-corrected chi connectivity index (χ4v) is 5.09. The summed E-state index contributed by atoms with van der Waals surface area (Å²) in [6.45, 7) is 5.74. The molecule has 0 bridgehead atoms. The zero-order valence-electron chi connectivity index (χ0n) is 19.1. The van der Waals surface area contributed by atoms with Gasteiger partial charge in [0, 0.05) is 23.5 Å². The number of para-hydroxylation sites is 1. The van der Waals surface area contributed by atoms with Gasteiger partial charge < -0.3 is 9.40 Å². The number of fused-ring (bicyclic) bond motifs is 1.